The molecule has 0 aromatic rings. The number of hydrogen-bond acceptors (Lipinski definition) is 7. The Hall–Kier alpha value is -2.56. The van der Waals surface area contributed by atoms with Crippen LogP contribution in [0.1, 0.15) is 26.2 Å². The third-order valence-electron chi connectivity index (χ3n) is 2.67. The van der Waals surface area contributed by atoms with Crippen LogP contribution in [0.3, 0.4) is 0 Å². The zero-order valence-electron chi connectivity index (χ0n) is 13.4. The molecule has 0 aliphatic rings. The van der Waals surface area contributed by atoms with E-state index >= 15 is 0 Å². The monoisotopic (exact) mass is 333 g/mol. The quantitative estimate of drug-likeness (QED) is 0.164. The average Bonchev–Trinajstić information content (AvgIpc) is 2.54. The van der Waals surface area contributed by atoms with E-state index in [1.165, 1.54) is 21.0 Å². The smallest absolute Gasteiger partial charge is 0.433 e. The van der Waals surface area contributed by atoms with Crippen LogP contribution < -0.4 is 16.4 Å². The van der Waals surface area contributed by atoms with Crippen molar-refractivity contribution >= 4 is 24.0 Å². The number of nitrogens with two attached hydrogens (primary N) is 1. The summed E-state index contributed by atoms with van der Waals surface area (Å²) in [4.78, 5) is 42.4. The fraction of sp³-hybridized carbons (Fsp3) is 0.667. The van der Waals surface area contributed by atoms with Crippen LogP contribution in [0.15, 0.2) is 5.16 Å². The normalized spacial score (nSPS) is 12.1. The standard InChI is InChI=1S/C12H23N5O6/c1-8(16-22-11(20)14-2)17(23-12(21)15-3)7-5-4-6-9(13)10(18)19/h9H,4-7,13H2,1-3H3,(H,14,20)(H,15,21)(H,18,19). The van der Waals surface area contributed by atoms with Gasteiger partial charge in [-0.25, -0.2) is 9.59 Å². The largest absolute Gasteiger partial charge is 0.480 e. The van der Waals surface area contributed by atoms with Gasteiger partial charge >= 0.3 is 18.2 Å². The minimum Gasteiger partial charge on any atom is -0.480 e. The van der Waals surface area contributed by atoms with Gasteiger partial charge in [0, 0.05) is 21.0 Å². The maximum atomic E-state index is 11.3. The number of carboxylic acid groups (broad SMARTS) is 1. The molecular weight excluding hydrogens is 310 g/mol. The van der Waals surface area contributed by atoms with E-state index in [2.05, 4.69) is 20.6 Å². The molecule has 0 rings (SSSR count). The van der Waals surface area contributed by atoms with Crippen LogP contribution in [0.5, 0.6) is 0 Å². The molecule has 0 spiro atoms. The molecule has 0 aromatic carbocycles. The van der Waals surface area contributed by atoms with Gasteiger partial charge in [0.1, 0.15) is 6.04 Å². The van der Waals surface area contributed by atoms with E-state index in [0.717, 1.165) is 5.06 Å². The van der Waals surface area contributed by atoms with Crippen LogP contribution in [-0.2, 0) is 14.5 Å². The van der Waals surface area contributed by atoms with Gasteiger partial charge in [-0.05, 0) is 19.3 Å². The van der Waals surface area contributed by atoms with E-state index in [-0.39, 0.29) is 18.8 Å². The highest BCUT2D eigenvalue weighted by molar-refractivity contribution is 5.81. The molecule has 0 saturated carbocycles. The van der Waals surface area contributed by atoms with Crippen LogP contribution in [-0.4, -0.2) is 60.8 Å². The number of carbonyl (C=O) groups excluding carboxylic acids is 2. The van der Waals surface area contributed by atoms with Gasteiger partial charge in [-0.2, -0.15) is 5.06 Å². The number of nitrogens with one attached hydrogen (secondary N) is 2. The summed E-state index contributed by atoms with van der Waals surface area (Å²) >= 11 is 0. The van der Waals surface area contributed by atoms with Crippen LogP contribution in [0.25, 0.3) is 0 Å². The van der Waals surface area contributed by atoms with Crippen LogP contribution >= 0.6 is 0 Å². The molecule has 5 N–H and O–H groups in total. The number of unbranched alkanes of at least 4 members (excludes halogenated alkanes) is 1. The molecule has 0 aliphatic heterocycles. The molecule has 0 fully saturated rings. The second kappa shape index (κ2) is 11.1. The number of carboxylic acids is 1. The van der Waals surface area contributed by atoms with E-state index < -0.39 is 24.2 Å². The summed E-state index contributed by atoms with van der Waals surface area (Å²) < 4.78 is 0. The maximum absolute atomic E-state index is 11.3. The summed E-state index contributed by atoms with van der Waals surface area (Å²) in [5.74, 6) is -0.931. The van der Waals surface area contributed by atoms with E-state index in [9.17, 15) is 14.4 Å². The molecule has 11 nitrogen and oxygen atoms in total. The molecule has 0 aliphatic carbocycles. The lowest BCUT2D eigenvalue weighted by molar-refractivity contribution is -0.138. The molecule has 2 amide bonds. The predicted octanol–water partition coefficient (Wildman–Crippen LogP) is -0.169. The summed E-state index contributed by atoms with van der Waals surface area (Å²) in [6, 6.07) is -0.936. The van der Waals surface area contributed by atoms with Gasteiger partial charge in [-0.3, -0.25) is 9.63 Å². The first-order chi connectivity index (χ1) is 10.8. The molecule has 132 valence electrons. The van der Waals surface area contributed by atoms with E-state index in [1.54, 1.807) is 0 Å². The van der Waals surface area contributed by atoms with E-state index in [4.69, 9.17) is 15.7 Å². The van der Waals surface area contributed by atoms with Crippen molar-refractivity contribution in [1.82, 2.24) is 15.7 Å². The lowest BCUT2D eigenvalue weighted by Crippen LogP contribution is -2.37. The molecule has 23 heavy (non-hydrogen) atoms. The highest BCUT2D eigenvalue weighted by Gasteiger charge is 2.15. The summed E-state index contributed by atoms with van der Waals surface area (Å²) in [5, 5.41) is 17.8. The Morgan fingerprint density at radius 1 is 1.22 bits per heavy atom. The third-order valence-corrected chi connectivity index (χ3v) is 2.67. The Balaban J connectivity index is 4.53. The lowest BCUT2D eigenvalue weighted by atomic mass is 10.1. The van der Waals surface area contributed by atoms with Gasteiger partial charge in [0.25, 0.3) is 0 Å². The van der Waals surface area contributed by atoms with Crippen molar-refractivity contribution in [2.75, 3.05) is 20.6 Å². The summed E-state index contributed by atoms with van der Waals surface area (Å²) in [6.45, 7) is 1.71. The number of oxime groups is 1. The lowest BCUT2D eigenvalue weighted by Gasteiger charge is -2.21. The number of amides is 2. The molecule has 1 atom stereocenters. The number of rotatable bonds is 7. The Kier molecular flexibility index (Phi) is 9.83. The number of amidine groups is 1. The molecule has 0 bridgehead atoms. The number of carbonyl (C=O) groups is 3. The van der Waals surface area contributed by atoms with Crippen molar-refractivity contribution in [1.29, 1.82) is 0 Å². The summed E-state index contributed by atoms with van der Waals surface area (Å²) in [6.07, 6.45) is -0.206. The fourth-order valence-electron chi connectivity index (χ4n) is 1.36. The molecule has 0 heterocycles. The fourth-order valence-corrected chi connectivity index (χ4v) is 1.36. The van der Waals surface area contributed by atoms with Crippen molar-refractivity contribution in [3.63, 3.8) is 0 Å². The predicted molar refractivity (Wildman–Crippen MR) is 80.4 cm³/mol. The number of aliphatic carboxylic acids is 1. The Morgan fingerprint density at radius 3 is 2.35 bits per heavy atom. The Labute approximate surface area is 133 Å². The van der Waals surface area contributed by atoms with Crippen LogP contribution in [0.4, 0.5) is 9.59 Å². The van der Waals surface area contributed by atoms with Crippen LogP contribution in [0, 0.1) is 0 Å². The SMILES string of the molecule is CNC(=O)ON=C(C)N(CCCCC(N)C(=O)O)OC(=O)NC. The summed E-state index contributed by atoms with van der Waals surface area (Å²) in [5.41, 5.74) is 5.40. The van der Waals surface area contributed by atoms with Crippen molar-refractivity contribution in [2.24, 2.45) is 10.9 Å². The molecular formula is C12H23N5O6. The van der Waals surface area contributed by atoms with E-state index in [0.29, 0.717) is 12.8 Å². The molecule has 0 radical (unpaired) electrons. The highest BCUT2D eigenvalue weighted by Crippen LogP contribution is 2.04. The van der Waals surface area contributed by atoms with Crippen molar-refractivity contribution in [3.8, 4) is 0 Å². The second-order valence-electron chi connectivity index (χ2n) is 4.44. The minimum absolute atomic E-state index is 0.139. The third kappa shape index (κ3) is 9.14. The van der Waals surface area contributed by atoms with Gasteiger partial charge in [0.15, 0.2) is 5.84 Å². The van der Waals surface area contributed by atoms with Gasteiger partial charge in [0.05, 0.1) is 6.54 Å². The van der Waals surface area contributed by atoms with Crippen molar-refractivity contribution in [2.45, 2.75) is 32.2 Å². The van der Waals surface area contributed by atoms with Crippen molar-refractivity contribution in [3.05, 3.63) is 0 Å². The number of hydrogen-bond donors (Lipinski definition) is 4. The second-order valence-corrected chi connectivity index (χ2v) is 4.44. The maximum Gasteiger partial charge on any atom is 0.433 e. The summed E-state index contributed by atoms with van der Waals surface area (Å²) in [7, 11) is 2.76. The zero-order chi connectivity index (χ0) is 17.8. The Bertz CT molecular complexity index is 442. The molecule has 0 saturated heterocycles. The number of nitrogens with zero attached hydrogens (tertiary/aromatic N) is 2. The zero-order valence-corrected chi connectivity index (χ0v) is 13.4. The van der Waals surface area contributed by atoms with Crippen LogP contribution in [0.2, 0.25) is 0 Å². The highest BCUT2D eigenvalue weighted by atomic mass is 16.7. The van der Waals surface area contributed by atoms with Gasteiger partial charge in [0.2, 0.25) is 0 Å². The van der Waals surface area contributed by atoms with Gasteiger partial charge in [-0.15, -0.1) is 0 Å². The first kappa shape index (κ1) is 20.4. The first-order valence-corrected chi connectivity index (χ1v) is 6.90. The van der Waals surface area contributed by atoms with Gasteiger partial charge in [-0.1, -0.05) is 5.16 Å². The Morgan fingerprint density at radius 2 is 1.83 bits per heavy atom. The molecule has 11 heteroatoms. The number of hydroxylamine groups is 2. The van der Waals surface area contributed by atoms with E-state index in [1.807, 2.05) is 0 Å². The first-order valence-electron chi connectivity index (χ1n) is 6.90. The van der Waals surface area contributed by atoms with Gasteiger partial charge < -0.3 is 26.3 Å². The van der Waals surface area contributed by atoms with Crippen molar-refractivity contribution < 1.29 is 29.2 Å². The molecule has 1 unspecified atom stereocenters. The minimum atomic E-state index is -1.07. The topological polar surface area (TPSA) is 156 Å². The average molecular weight is 333 g/mol. The molecule has 0 aromatic heterocycles.